The lowest BCUT2D eigenvalue weighted by molar-refractivity contribution is 0.0684. The summed E-state index contributed by atoms with van der Waals surface area (Å²) in [6.45, 7) is 2.00. The molecule has 3 nitrogen and oxygen atoms in total. The van der Waals surface area contributed by atoms with E-state index < -0.39 is 11.6 Å². The van der Waals surface area contributed by atoms with Gasteiger partial charge in [0, 0.05) is 26.8 Å². The van der Waals surface area contributed by atoms with Crippen LogP contribution < -0.4 is 4.90 Å². The van der Waals surface area contributed by atoms with Gasteiger partial charge in [-0.3, -0.25) is 0 Å². The molecule has 0 spiro atoms. The lowest BCUT2D eigenvalue weighted by Gasteiger charge is -2.28. The number of rotatable bonds is 3. The number of hydrogen-bond acceptors (Lipinski definition) is 3. The van der Waals surface area contributed by atoms with Crippen LogP contribution in [0.3, 0.4) is 0 Å². The maximum Gasteiger partial charge on any atom is 0.150 e. The smallest absolute Gasteiger partial charge is 0.150 e. The minimum absolute atomic E-state index is 0.00165. The summed E-state index contributed by atoms with van der Waals surface area (Å²) in [7, 11) is 1.67. The highest BCUT2D eigenvalue weighted by atomic mass is 19.1. The Morgan fingerprint density at radius 1 is 1.32 bits per heavy atom. The molecule has 5 heteroatoms. The summed E-state index contributed by atoms with van der Waals surface area (Å²) in [4.78, 5) is 1.59. The van der Waals surface area contributed by atoms with Gasteiger partial charge >= 0.3 is 0 Å². The van der Waals surface area contributed by atoms with Crippen molar-refractivity contribution >= 4 is 5.69 Å². The summed E-state index contributed by atoms with van der Waals surface area (Å²) < 4.78 is 33.0. The van der Waals surface area contributed by atoms with Crippen LogP contribution in [0.25, 0.3) is 0 Å². The molecule has 0 amide bonds. The molecule has 1 fully saturated rings. The number of nitrogens with zero attached hydrogens (tertiary/aromatic N) is 2. The molecule has 1 heterocycles. The normalized spacial score (nSPS) is 16.1. The van der Waals surface area contributed by atoms with E-state index in [4.69, 9.17) is 10.00 Å². The molecule has 0 aromatic heterocycles. The van der Waals surface area contributed by atoms with Crippen LogP contribution in [0.15, 0.2) is 12.1 Å². The van der Waals surface area contributed by atoms with Gasteiger partial charge in [0.05, 0.1) is 11.6 Å². The summed E-state index contributed by atoms with van der Waals surface area (Å²) in [6, 6.07) is 3.88. The fourth-order valence-electron chi connectivity index (χ4n) is 2.40. The zero-order valence-electron chi connectivity index (χ0n) is 10.8. The number of halogens is 2. The standard InChI is InChI=1S/C14H16F2N2O/c1-18(9-10-2-4-19-5-3-10)14-12(15)6-11(8-17)7-13(14)16/h6-7,10H,2-5,9H2,1H3. The Morgan fingerprint density at radius 3 is 2.42 bits per heavy atom. The van der Waals surface area contributed by atoms with E-state index in [1.54, 1.807) is 18.0 Å². The minimum atomic E-state index is -0.689. The van der Waals surface area contributed by atoms with E-state index in [0.717, 1.165) is 25.0 Å². The van der Waals surface area contributed by atoms with Gasteiger partial charge in [0.25, 0.3) is 0 Å². The van der Waals surface area contributed by atoms with Crippen LogP contribution in [0.4, 0.5) is 14.5 Å². The molecule has 0 atom stereocenters. The molecule has 1 aliphatic rings. The van der Waals surface area contributed by atoms with Crippen molar-refractivity contribution in [1.29, 1.82) is 5.26 Å². The SMILES string of the molecule is CN(CC1CCOCC1)c1c(F)cc(C#N)cc1F. The molecule has 1 aliphatic heterocycles. The summed E-state index contributed by atoms with van der Waals surface area (Å²) in [5.74, 6) is -0.995. The van der Waals surface area contributed by atoms with Crippen LogP contribution >= 0.6 is 0 Å². The van der Waals surface area contributed by atoms with E-state index in [9.17, 15) is 8.78 Å². The Kier molecular flexibility index (Phi) is 4.33. The van der Waals surface area contributed by atoms with Gasteiger partial charge in [0.1, 0.15) is 5.69 Å². The molecule has 19 heavy (non-hydrogen) atoms. The average Bonchev–Trinajstić information content (AvgIpc) is 2.38. The maximum absolute atomic E-state index is 13.8. The molecule has 0 aliphatic carbocycles. The maximum atomic E-state index is 13.8. The Bertz CT molecular complexity index is 470. The quantitative estimate of drug-likeness (QED) is 0.844. The van der Waals surface area contributed by atoms with Crippen LogP contribution in [-0.2, 0) is 4.74 Å². The number of hydrogen-bond donors (Lipinski definition) is 0. The number of nitriles is 1. The van der Waals surface area contributed by atoms with Crippen LogP contribution in [0, 0.1) is 28.9 Å². The Hall–Kier alpha value is -1.67. The van der Waals surface area contributed by atoms with Crippen LogP contribution in [-0.4, -0.2) is 26.8 Å². The number of ether oxygens (including phenoxy) is 1. The molecule has 0 saturated carbocycles. The fourth-order valence-corrected chi connectivity index (χ4v) is 2.40. The largest absolute Gasteiger partial charge is 0.381 e. The highest BCUT2D eigenvalue weighted by Crippen LogP contribution is 2.26. The highest BCUT2D eigenvalue weighted by Gasteiger charge is 2.20. The summed E-state index contributed by atoms with van der Waals surface area (Å²) >= 11 is 0. The summed E-state index contributed by atoms with van der Waals surface area (Å²) in [6.07, 6.45) is 1.81. The first kappa shape index (κ1) is 13.8. The molecule has 102 valence electrons. The van der Waals surface area contributed by atoms with Gasteiger partial charge in [-0.05, 0) is 30.9 Å². The zero-order chi connectivity index (χ0) is 13.8. The molecular formula is C14H16F2N2O. The summed E-state index contributed by atoms with van der Waals surface area (Å²) in [5.41, 5.74) is -0.0660. The zero-order valence-corrected chi connectivity index (χ0v) is 10.8. The molecule has 0 bridgehead atoms. The summed E-state index contributed by atoms with van der Waals surface area (Å²) in [5, 5.41) is 8.67. The monoisotopic (exact) mass is 266 g/mol. The molecule has 0 radical (unpaired) electrons. The van der Waals surface area contributed by atoms with E-state index in [1.165, 1.54) is 0 Å². The first-order chi connectivity index (χ1) is 9.11. The topological polar surface area (TPSA) is 36.3 Å². The van der Waals surface area contributed by atoms with Crippen molar-refractivity contribution in [3.05, 3.63) is 29.3 Å². The number of benzene rings is 1. The molecule has 1 aromatic rings. The van der Waals surface area contributed by atoms with Gasteiger partial charge < -0.3 is 9.64 Å². The van der Waals surface area contributed by atoms with Crippen molar-refractivity contribution in [2.45, 2.75) is 12.8 Å². The van der Waals surface area contributed by atoms with Gasteiger partial charge in [-0.1, -0.05) is 0 Å². The van der Waals surface area contributed by atoms with Crippen molar-refractivity contribution in [2.75, 3.05) is 31.7 Å². The predicted molar refractivity (Wildman–Crippen MR) is 67.9 cm³/mol. The average molecular weight is 266 g/mol. The first-order valence-electron chi connectivity index (χ1n) is 6.30. The van der Waals surface area contributed by atoms with Gasteiger partial charge in [-0.15, -0.1) is 0 Å². The van der Waals surface area contributed by atoms with E-state index in [-0.39, 0.29) is 11.3 Å². The van der Waals surface area contributed by atoms with Crippen molar-refractivity contribution in [2.24, 2.45) is 5.92 Å². The Morgan fingerprint density at radius 2 is 1.89 bits per heavy atom. The number of anilines is 1. The Balaban J connectivity index is 2.14. The predicted octanol–water partition coefficient (Wildman–Crippen LogP) is 2.70. The van der Waals surface area contributed by atoms with Crippen LogP contribution in [0.2, 0.25) is 0 Å². The molecule has 2 rings (SSSR count). The van der Waals surface area contributed by atoms with Gasteiger partial charge in [-0.2, -0.15) is 5.26 Å². The van der Waals surface area contributed by atoms with Crippen LogP contribution in [0.5, 0.6) is 0 Å². The highest BCUT2D eigenvalue weighted by molar-refractivity contribution is 5.52. The molecular weight excluding hydrogens is 250 g/mol. The molecule has 1 aromatic carbocycles. The molecule has 1 saturated heterocycles. The minimum Gasteiger partial charge on any atom is -0.381 e. The fraction of sp³-hybridized carbons (Fsp3) is 0.500. The third kappa shape index (κ3) is 3.21. The van der Waals surface area contributed by atoms with Gasteiger partial charge in [-0.25, -0.2) is 8.78 Å². The first-order valence-corrected chi connectivity index (χ1v) is 6.30. The third-order valence-corrected chi connectivity index (χ3v) is 3.40. The lowest BCUT2D eigenvalue weighted by atomic mass is 9.99. The van der Waals surface area contributed by atoms with Crippen LogP contribution in [0.1, 0.15) is 18.4 Å². The van der Waals surface area contributed by atoms with E-state index in [0.29, 0.717) is 25.7 Å². The Labute approximate surface area is 111 Å². The van der Waals surface area contributed by atoms with Crippen molar-refractivity contribution in [3.8, 4) is 6.07 Å². The van der Waals surface area contributed by atoms with E-state index >= 15 is 0 Å². The second kappa shape index (κ2) is 5.98. The van der Waals surface area contributed by atoms with Gasteiger partial charge in [0.2, 0.25) is 0 Å². The van der Waals surface area contributed by atoms with Crippen molar-refractivity contribution in [1.82, 2.24) is 0 Å². The van der Waals surface area contributed by atoms with Crippen molar-refractivity contribution < 1.29 is 13.5 Å². The second-order valence-corrected chi connectivity index (χ2v) is 4.84. The van der Waals surface area contributed by atoms with Crippen molar-refractivity contribution in [3.63, 3.8) is 0 Å². The third-order valence-electron chi connectivity index (χ3n) is 3.40. The van der Waals surface area contributed by atoms with E-state index in [1.807, 2.05) is 0 Å². The molecule has 0 N–H and O–H groups in total. The van der Waals surface area contributed by atoms with Gasteiger partial charge in [0.15, 0.2) is 11.6 Å². The lowest BCUT2D eigenvalue weighted by Crippen LogP contribution is -2.30. The second-order valence-electron chi connectivity index (χ2n) is 4.84. The molecule has 0 unspecified atom stereocenters. The van der Waals surface area contributed by atoms with E-state index in [2.05, 4.69) is 0 Å².